The van der Waals surface area contributed by atoms with Gasteiger partial charge in [-0.05, 0) is 17.7 Å². The quantitative estimate of drug-likeness (QED) is 0.843. The van der Waals surface area contributed by atoms with Crippen LogP contribution in [0.4, 0.5) is 0 Å². The molecular formula is C14H16N2O2. The molecule has 2 rings (SSSR count). The molecular weight excluding hydrogens is 228 g/mol. The lowest BCUT2D eigenvalue weighted by Crippen LogP contribution is -2.24. The Hall–Kier alpha value is -2.23. The Balaban J connectivity index is 1.90. The van der Waals surface area contributed by atoms with Gasteiger partial charge >= 0.3 is 0 Å². The molecule has 0 saturated heterocycles. The molecule has 0 fully saturated rings. The van der Waals surface area contributed by atoms with E-state index in [0.717, 1.165) is 16.9 Å². The molecule has 1 aromatic carbocycles. The lowest BCUT2D eigenvalue weighted by atomic mass is 10.1. The van der Waals surface area contributed by atoms with Gasteiger partial charge in [0.05, 0.1) is 13.5 Å². The zero-order chi connectivity index (χ0) is 12.8. The van der Waals surface area contributed by atoms with Crippen molar-refractivity contribution in [3.63, 3.8) is 0 Å². The number of H-pyrrole nitrogens is 1. The number of benzene rings is 1. The maximum absolute atomic E-state index is 11.8. The molecule has 0 aliphatic rings. The molecule has 0 radical (unpaired) electrons. The van der Waals surface area contributed by atoms with E-state index in [1.54, 1.807) is 7.11 Å². The van der Waals surface area contributed by atoms with Gasteiger partial charge in [-0.1, -0.05) is 18.2 Å². The number of aromatic nitrogens is 1. The molecule has 1 heterocycles. The highest BCUT2D eigenvalue weighted by Gasteiger charge is 2.07. The molecule has 0 aliphatic carbocycles. The number of carbonyl (C=O) groups is 1. The number of ether oxygens (including phenoxy) is 1. The third-order valence-electron chi connectivity index (χ3n) is 2.70. The summed E-state index contributed by atoms with van der Waals surface area (Å²) in [6, 6.07) is 9.48. The SMILES string of the molecule is COc1ccccc1CC(=O)NCc1cc[nH]c1. The van der Waals surface area contributed by atoms with E-state index in [0.29, 0.717) is 13.0 Å². The van der Waals surface area contributed by atoms with Crippen molar-refractivity contribution in [3.05, 3.63) is 53.9 Å². The van der Waals surface area contributed by atoms with Gasteiger partial charge in [0.1, 0.15) is 5.75 Å². The number of nitrogens with one attached hydrogen (secondary N) is 2. The van der Waals surface area contributed by atoms with Crippen LogP contribution in [0.5, 0.6) is 5.75 Å². The summed E-state index contributed by atoms with van der Waals surface area (Å²) in [5.41, 5.74) is 1.95. The predicted octanol–water partition coefficient (Wildman–Crippen LogP) is 1.88. The van der Waals surface area contributed by atoms with Crippen LogP contribution in [-0.2, 0) is 17.8 Å². The first-order valence-electron chi connectivity index (χ1n) is 5.80. The van der Waals surface area contributed by atoms with Crippen LogP contribution in [0, 0.1) is 0 Å². The van der Waals surface area contributed by atoms with E-state index in [9.17, 15) is 4.79 Å². The molecule has 0 bridgehead atoms. The van der Waals surface area contributed by atoms with Crippen LogP contribution in [0.1, 0.15) is 11.1 Å². The molecule has 2 N–H and O–H groups in total. The van der Waals surface area contributed by atoms with Crippen molar-refractivity contribution in [2.45, 2.75) is 13.0 Å². The molecule has 0 spiro atoms. The molecule has 1 amide bonds. The van der Waals surface area contributed by atoms with E-state index >= 15 is 0 Å². The Labute approximate surface area is 106 Å². The average Bonchev–Trinajstić information content (AvgIpc) is 2.90. The smallest absolute Gasteiger partial charge is 0.224 e. The van der Waals surface area contributed by atoms with E-state index < -0.39 is 0 Å². The normalized spacial score (nSPS) is 10.1. The van der Waals surface area contributed by atoms with E-state index in [2.05, 4.69) is 10.3 Å². The van der Waals surface area contributed by atoms with Gasteiger partial charge in [0.15, 0.2) is 0 Å². The van der Waals surface area contributed by atoms with E-state index in [1.807, 2.05) is 42.7 Å². The zero-order valence-electron chi connectivity index (χ0n) is 10.3. The van der Waals surface area contributed by atoms with E-state index in [4.69, 9.17) is 4.74 Å². The molecule has 0 saturated carbocycles. The second kappa shape index (κ2) is 5.91. The number of aromatic amines is 1. The Morgan fingerprint density at radius 2 is 2.17 bits per heavy atom. The fraction of sp³-hybridized carbons (Fsp3) is 0.214. The predicted molar refractivity (Wildman–Crippen MR) is 69.3 cm³/mol. The first-order valence-corrected chi connectivity index (χ1v) is 5.80. The molecule has 2 aromatic rings. The summed E-state index contributed by atoms with van der Waals surface area (Å²) in [5, 5.41) is 2.87. The van der Waals surface area contributed by atoms with Gasteiger partial charge in [-0.25, -0.2) is 0 Å². The topological polar surface area (TPSA) is 54.1 Å². The summed E-state index contributed by atoms with van der Waals surface area (Å²) >= 11 is 0. The Kier molecular flexibility index (Phi) is 4.02. The highest BCUT2D eigenvalue weighted by Crippen LogP contribution is 2.17. The second-order valence-electron chi connectivity index (χ2n) is 3.98. The van der Waals surface area contributed by atoms with Gasteiger partial charge in [0.2, 0.25) is 5.91 Å². The minimum atomic E-state index is -0.0132. The number of carbonyl (C=O) groups excluding carboxylic acids is 1. The summed E-state index contributed by atoms with van der Waals surface area (Å²) in [6.45, 7) is 0.539. The monoisotopic (exact) mass is 244 g/mol. The fourth-order valence-electron chi connectivity index (χ4n) is 1.75. The molecule has 18 heavy (non-hydrogen) atoms. The van der Waals surface area contributed by atoms with Crippen LogP contribution in [0.15, 0.2) is 42.7 Å². The van der Waals surface area contributed by atoms with Crippen molar-refractivity contribution in [2.24, 2.45) is 0 Å². The van der Waals surface area contributed by atoms with Crippen molar-refractivity contribution in [1.82, 2.24) is 10.3 Å². The minimum absolute atomic E-state index is 0.0132. The van der Waals surface area contributed by atoms with Gasteiger partial charge in [-0.3, -0.25) is 4.79 Å². The number of hydrogen-bond acceptors (Lipinski definition) is 2. The molecule has 1 aromatic heterocycles. The summed E-state index contributed by atoms with van der Waals surface area (Å²) < 4.78 is 5.21. The van der Waals surface area contributed by atoms with Crippen molar-refractivity contribution in [1.29, 1.82) is 0 Å². The van der Waals surface area contributed by atoms with E-state index in [1.165, 1.54) is 0 Å². The largest absolute Gasteiger partial charge is 0.496 e. The second-order valence-corrected chi connectivity index (χ2v) is 3.98. The number of rotatable bonds is 5. The maximum atomic E-state index is 11.8. The van der Waals surface area contributed by atoms with Crippen LogP contribution in [-0.4, -0.2) is 18.0 Å². The summed E-state index contributed by atoms with van der Waals surface area (Å²) in [6.07, 6.45) is 4.03. The summed E-state index contributed by atoms with van der Waals surface area (Å²) in [5.74, 6) is 0.731. The van der Waals surface area contributed by atoms with Crippen LogP contribution in [0.2, 0.25) is 0 Å². The number of methoxy groups -OCH3 is 1. The van der Waals surface area contributed by atoms with Gasteiger partial charge in [-0.2, -0.15) is 0 Å². The zero-order valence-corrected chi connectivity index (χ0v) is 10.3. The molecule has 94 valence electrons. The lowest BCUT2D eigenvalue weighted by molar-refractivity contribution is -0.120. The van der Waals surface area contributed by atoms with Crippen LogP contribution in [0.25, 0.3) is 0 Å². The van der Waals surface area contributed by atoms with Gasteiger partial charge in [0.25, 0.3) is 0 Å². The van der Waals surface area contributed by atoms with Crippen molar-refractivity contribution >= 4 is 5.91 Å². The van der Waals surface area contributed by atoms with Crippen molar-refractivity contribution in [2.75, 3.05) is 7.11 Å². The molecule has 4 nitrogen and oxygen atoms in total. The third kappa shape index (κ3) is 3.13. The fourth-order valence-corrected chi connectivity index (χ4v) is 1.75. The van der Waals surface area contributed by atoms with Gasteiger partial charge < -0.3 is 15.0 Å². The first kappa shape index (κ1) is 12.2. The molecule has 4 heteroatoms. The van der Waals surface area contributed by atoms with Crippen LogP contribution >= 0.6 is 0 Å². The third-order valence-corrected chi connectivity index (χ3v) is 2.70. The van der Waals surface area contributed by atoms with Gasteiger partial charge in [-0.15, -0.1) is 0 Å². The van der Waals surface area contributed by atoms with Crippen LogP contribution < -0.4 is 10.1 Å². The van der Waals surface area contributed by atoms with Crippen molar-refractivity contribution < 1.29 is 9.53 Å². The lowest BCUT2D eigenvalue weighted by Gasteiger charge is -2.08. The van der Waals surface area contributed by atoms with Crippen LogP contribution in [0.3, 0.4) is 0 Å². The Morgan fingerprint density at radius 1 is 1.33 bits per heavy atom. The minimum Gasteiger partial charge on any atom is -0.496 e. The summed E-state index contributed by atoms with van der Waals surface area (Å²) in [4.78, 5) is 14.7. The Bertz CT molecular complexity index is 506. The van der Waals surface area contributed by atoms with Crippen molar-refractivity contribution in [3.8, 4) is 5.75 Å². The molecule has 0 aliphatic heterocycles. The first-order chi connectivity index (χ1) is 8.79. The standard InChI is InChI=1S/C14H16N2O2/c1-18-13-5-3-2-4-12(13)8-14(17)16-10-11-6-7-15-9-11/h2-7,9,15H,8,10H2,1H3,(H,16,17). The van der Waals surface area contributed by atoms with Gasteiger partial charge in [0, 0.05) is 24.5 Å². The Morgan fingerprint density at radius 3 is 2.89 bits per heavy atom. The van der Waals surface area contributed by atoms with E-state index in [-0.39, 0.29) is 5.91 Å². The summed E-state index contributed by atoms with van der Waals surface area (Å²) in [7, 11) is 1.61. The highest BCUT2D eigenvalue weighted by molar-refractivity contribution is 5.79. The number of para-hydroxylation sites is 1. The number of amides is 1. The number of hydrogen-bond donors (Lipinski definition) is 2. The highest BCUT2D eigenvalue weighted by atomic mass is 16.5. The molecule has 0 atom stereocenters. The average molecular weight is 244 g/mol. The maximum Gasteiger partial charge on any atom is 0.224 e. The molecule has 0 unspecified atom stereocenters.